The third-order valence-electron chi connectivity index (χ3n) is 3.22. The van der Waals surface area contributed by atoms with Crippen molar-refractivity contribution in [1.29, 1.82) is 0 Å². The van der Waals surface area contributed by atoms with Crippen molar-refractivity contribution in [2.75, 3.05) is 13.7 Å². The molecule has 0 saturated carbocycles. The van der Waals surface area contributed by atoms with Crippen molar-refractivity contribution in [3.05, 3.63) is 35.9 Å². The molecule has 0 amide bonds. The predicted molar refractivity (Wildman–Crippen MR) is 71.2 cm³/mol. The Balaban J connectivity index is 1.65. The van der Waals surface area contributed by atoms with E-state index in [4.69, 9.17) is 9.57 Å². The first-order valence-corrected chi connectivity index (χ1v) is 6.53. The fraction of sp³-hybridized carbons (Fsp3) is 0.500. The zero-order valence-corrected chi connectivity index (χ0v) is 11.1. The lowest BCUT2D eigenvalue weighted by Crippen LogP contribution is -2.48. The summed E-state index contributed by atoms with van der Waals surface area (Å²) in [7, 11) is 1.41. The summed E-state index contributed by atoms with van der Waals surface area (Å²) in [6.07, 6.45) is 1.67. The molecular weight excluding hydrogens is 244 g/mol. The average molecular weight is 264 g/mol. The Hall–Kier alpha value is -1.43. The maximum atomic E-state index is 11.3. The number of benzene rings is 1. The number of rotatable bonds is 5. The summed E-state index contributed by atoms with van der Waals surface area (Å²) in [6, 6.07) is 9.88. The number of esters is 1. The van der Waals surface area contributed by atoms with Gasteiger partial charge in [-0.1, -0.05) is 30.3 Å². The molecule has 0 spiro atoms. The number of methoxy groups -OCH3 is 1. The van der Waals surface area contributed by atoms with Gasteiger partial charge in [-0.25, -0.2) is 0 Å². The molecule has 2 N–H and O–H groups in total. The molecule has 0 aliphatic carbocycles. The molecule has 0 unspecified atom stereocenters. The van der Waals surface area contributed by atoms with Gasteiger partial charge in [-0.05, 0) is 18.4 Å². The molecular formula is C14H20N2O3. The Morgan fingerprint density at radius 1 is 1.37 bits per heavy atom. The average Bonchev–Trinajstić information content (AvgIpc) is 2.48. The normalized spacial score (nSPS) is 23.0. The minimum absolute atomic E-state index is 0.0876. The van der Waals surface area contributed by atoms with E-state index in [1.165, 1.54) is 12.7 Å². The summed E-state index contributed by atoms with van der Waals surface area (Å²) in [5.41, 5.74) is 4.15. The number of nitrogens with one attached hydrogen (secondary N) is 2. The Morgan fingerprint density at radius 3 is 2.79 bits per heavy atom. The first-order chi connectivity index (χ1) is 9.29. The standard InChI is InChI=1S/C14H20N2O3/c1-18-14(17)13-8-7-12(10-15-13)19-16-9-11-5-3-2-4-6-11/h2-6,12-13,15-16H,7-10H2,1H3/t12-,13+/m1/s1. The highest BCUT2D eigenvalue weighted by molar-refractivity contribution is 5.75. The second-order valence-electron chi connectivity index (χ2n) is 4.61. The lowest BCUT2D eigenvalue weighted by Gasteiger charge is -2.28. The molecule has 5 nitrogen and oxygen atoms in total. The van der Waals surface area contributed by atoms with Crippen LogP contribution in [-0.2, 0) is 20.9 Å². The van der Waals surface area contributed by atoms with E-state index in [0.717, 1.165) is 12.8 Å². The van der Waals surface area contributed by atoms with Crippen molar-refractivity contribution >= 4 is 5.97 Å². The highest BCUT2D eigenvalue weighted by Crippen LogP contribution is 2.11. The minimum atomic E-state index is -0.198. The number of hydroxylamine groups is 1. The van der Waals surface area contributed by atoms with Crippen LogP contribution in [0, 0.1) is 0 Å². The minimum Gasteiger partial charge on any atom is -0.468 e. The van der Waals surface area contributed by atoms with Crippen molar-refractivity contribution < 1.29 is 14.4 Å². The van der Waals surface area contributed by atoms with E-state index < -0.39 is 0 Å². The van der Waals surface area contributed by atoms with Gasteiger partial charge in [0.25, 0.3) is 0 Å². The fourth-order valence-corrected chi connectivity index (χ4v) is 2.11. The van der Waals surface area contributed by atoms with E-state index in [9.17, 15) is 4.79 Å². The molecule has 1 aromatic rings. The highest BCUT2D eigenvalue weighted by atomic mass is 16.7. The predicted octanol–water partition coefficient (Wildman–Crippen LogP) is 1.00. The van der Waals surface area contributed by atoms with E-state index in [2.05, 4.69) is 10.8 Å². The van der Waals surface area contributed by atoms with E-state index in [1.807, 2.05) is 30.3 Å². The quantitative estimate of drug-likeness (QED) is 0.614. The molecule has 5 heteroatoms. The molecule has 104 valence electrons. The lowest BCUT2D eigenvalue weighted by molar-refractivity contribution is -0.145. The van der Waals surface area contributed by atoms with Crippen LogP contribution >= 0.6 is 0 Å². The van der Waals surface area contributed by atoms with Gasteiger partial charge in [-0.3, -0.25) is 9.63 Å². The molecule has 2 rings (SSSR count). The van der Waals surface area contributed by atoms with Crippen LogP contribution in [0.1, 0.15) is 18.4 Å². The molecule has 1 heterocycles. The van der Waals surface area contributed by atoms with Crippen molar-refractivity contribution in [2.24, 2.45) is 0 Å². The van der Waals surface area contributed by atoms with Crippen molar-refractivity contribution in [1.82, 2.24) is 10.8 Å². The fourth-order valence-electron chi connectivity index (χ4n) is 2.11. The number of carbonyl (C=O) groups excluding carboxylic acids is 1. The van der Waals surface area contributed by atoms with E-state index in [0.29, 0.717) is 13.1 Å². The van der Waals surface area contributed by atoms with Gasteiger partial charge in [-0.15, -0.1) is 0 Å². The lowest BCUT2D eigenvalue weighted by atomic mass is 10.0. The smallest absolute Gasteiger partial charge is 0.322 e. The largest absolute Gasteiger partial charge is 0.468 e. The zero-order valence-electron chi connectivity index (χ0n) is 11.1. The number of hydrogen-bond acceptors (Lipinski definition) is 5. The maximum absolute atomic E-state index is 11.3. The van der Waals surface area contributed by atoms with Crippen LogP contribution in [0.3, 0.4) is 0 Å². The van der Waals surface area contributed by atoms with Gasteiger partial charge in [-0.2, -0.15) is 5.48 Å². The van der Waals surface area contributed by atoms with E-state index in [-0.39, 0.29) is 18.1 Å². The summed E-state index contributed by atoms with van der Waals surface area (Å²) < 4.78 is 4.71. The monoisotopic (exact) mass is 264 g/mol. The Bertz CT molecular complexity index is 389. The SMILES string of the molecule is COC(=O)[C@@H]1CC[C@@H](ONCc2ccccc2)CN1. The van der Waals surface area contributed by atoms with Crippen LogP contribution in [-0.4, -0.2) is 31.8 Å². The highest BCUT2D eigenvalue weighted by Gasteiger charge is 2.26. The molecule has 1 fully saturated rings. The summed E-state index contributed by atoms with van der Waals surface area (Å²) in [6.45, 7) is 1.33. The van der Waals surface area contributed by atoms with E-state index in [1.54, 1.807) is 0 Å². The third-order valence-corrected chi connectivity index (χ3v) is 3.22. The van der Waals surface area contributed by atoms with Gasteiger partial charge in [0.1, 0.15) is 6.04 Å². The summed E-state index contributed by atoms with van der Waals surface area (Å²) in [4.78, 5) is 16.9. The van der Waals surface area contributed by atoms with Crippen molar-refractivity contribution in [3.8, 4) is 0 Å². The van der Waals surface area contributed by atoms with Gasteiger partial charge in [0, 0.05) is 13.1 Å². The van der Waals surface area contributed by atoms with Gasteiger partial charge in [0.15, 0.2) is 0 Å². The van der Waals surface area contributed by atoms with Crippen molar-refractivity contribution in [2.45, 2.75) is 31.5 Å². The van der Waals surface area contributed by atoms with Crippen LogP contribution < -0.4 is 10.8 Å². The Labute approximate surface area is 113 Å². The van der Waals surface area contributed by atoms with Gasteiger partial charge in [0.05, 0.1) is 13.2 Å². The molecule has 1 aliphatic rings. The summed E-state index contributed by atoms with van der Waals surface area (Å²) >= 11 is 0. The molecule has 19 heavy (non-hydrogen) atoms. The van der Waals surface area contributed by atoms with E-state index >= 15 is 0 Å². The van der Waals surface area contributed by atoms with Gasteiger partial charge in [0.2, 0.25) is 0 Å². The second kappa shape index (κ2) is 7.23. The van der Waals surface area contributed by atoms with Crippen LogP contribution in [0.2, 0.25) is 0 Å². The molecule has 2 atom stereocenters. The third kappa shape index (κ3) is 4.31. The first-order valence-electron chi connectivity index (χ1n) is 6.53. The summed E-state index contributed by atoms with van der Waals surface area (Å²) in [5.74, 6) is -0.198. The van der Waals surface area contributed by atoms with Crippen LogP contribution in [0.4, 0.5) is 0 Å². The number of ether oxygens (including phenoxy) is 1. The number of carbonyl (C=O) groups is 1. The van der Waals surface area contributed by atoms with Crippen LogP contribution in [0.5, 0.6) is 0 Å². The maximum Gasteiger partial charge on any atom is 0.322 e. The zero-order chi connectivity index (χ0) is 13.5. The summed E-state index contributed by atoms with van der Waals surface area (Å²) in [5, 5.41) is 3.13. The van der Waals surface area contributed by atoms with Crippen molar-refractivity contribution in [3.63, 3.8) is 0 Å². The van der Waals surface area contributed by atoms with Crippen LogP contribution in [0.25, 0.3) is 0 Å². The molecule has 0 aromatic heterocycles. The number of hydrogen-bond donors (Lipinski definition) is 2. The second-order valence-corrected chi connectivity index (χ2v) is 4.61. The Morgan fingerprint density at radius 2 is 2.16 bits per heavy atom. The van der Waals surface area contributed by atoms with Gasteiger partial charge >= 0.3 is 5.97 Å². The number of piperidine rings is 1. The molecule has 0 radical (unpaired) electrons. The molecule has 1 aliphatic heterocycles. The van der Waals surface area contributed by atoms with Gasteiger partial charge < -0.3 is 10.1 Å². The topological polar surface area (TPSA) is 59.6 Å². The Kier molecular flexibility index (Phi) is 5.32. The molecule has 1 saturated heterocycles. The first kappa shape index (κ1) is 14.0. The van der Waals surface area contributed by atoms with Crippen LogP contribution in [0.15, 0.2) is 30.3 Å². The molecule has 1 aromatic carbocycles. The molecule has 0 bridgehead atoms.